The lowest BCUT2D eigenvalue weighted by atomic mass is 10.1. The number of benzene rings is 1. The minimum absolute atomic E-state index is 0.312. The highest BCUT2D eigenvalue weighted by Crippen LogP contribution is 2.13. The summed E-state index contributed by atoms with van der Waals surface area (Å²) in [4.78, 5) is 14.1. The Morgan fingerprint density at radius 2 is 2.09 bits per heavy atom. The third-order valence-corrected chi connectivity index (χ3v) is 4.01. The van der Waals surface area contributed by atoms with E-state index in [2.05, 4.69) is 22.5 Å². The molecule has 22 heavy (non-hydrogen) atoms. The Bertz CT molecular complexity index is 439. The standard InChI is InChI=1S/C17H27N3O2/c1-2-20-13-7-6-10-16(20)18-11-12-19-17(21)22-14-15-8-4-3-5-9-15/h3-5,8-9,16,18H,2,6-7,10-14H2,1H3,(H,19,21). The molecule has 1 fully saturated rings. The molecule has 5 heteroatoms. The molecule has 1 aliphatic rings. The van der Waals surface area contributed by atoms with E-state index < -0.39 is 0 Å². The summed E-state index contributed by atoms with van der Waals surface area (Å²) in [6, 6.07) is 9.70. The van der Waals surface area contributed by atoms with Crippen molar-refractivity contribution in [1.82, 2.24) is 15.5 Å². The molecule has 1 aliphatic heterocycles. The van der Waals surface area contributed by atoms with Crippen LogP contribution in [0, 0.1) is 0 Å². The molecule has 5 nitrogen and oxygen atoms in total. The van der Waals surface area contributed by atoms with Crippen LogP contribution < -0.4 is 10.6 Å². The highest BCUT2D eigenvalue weighted by Gasteiger charge is 2.19. The Balaban J connectivity index is 1.57. The Morgan fingerprint density at radius 1 is 1.27 bits per heavy atom. The highest BCUT2D eigenvalue weighted by atomic mass is 16.5. The molecule has 2 rings (SSSR count). The molecule has 0 aromatic heterocycles. The fraction of sp³-hybridized carbons (Fsp3) is 0.588. The van der Waals surface area contributed by atoms with Crippen molar-refractivity contribution in [2.75, 3.05) is 26.2 Å². The molecule has 1 unspecified atom stereocenters. The third kappa shape index (κ3) is 5.66. The van der Waals surface area contributed by atoms with Crippen LogP contribution in [0.25, 0.3) is 0 Å². The van der Waals surface area contributed by atoms with Crippen molar-refractivity contribution in [3.05, 3.63) is 35.9 Å². The maximum absolute atomic E-state index is 11.6. The van der Waals surface area contributed by atoms with Crippen LogP contribution in [0.4, 0.5) is 4.79 Å². The first-order valence-corrected chi connectivity index (χ1v) is 8.21. The molecule has 0 aliphatic carbocycles. The summed E-state index contributed by atoms with van der Waals surface area (Å²) < 4.78 is 5.17. The van der Waals surface area contributed by atoms with Gasteiger partial charge in [0.05, 0.1) is 6.17 Å². The lowest BCUT2D eigenvalue weighted by molar-refractivity contribution is 0.125. The lowest BCUT2D eigenvalue weighted by Gasteiger charge is -2.35. The van der Waals surface area contributed by atoms with Crippen LogP contribution in [-0.2, 0) is 11.3 Å². The van der Waals surface area contributed by atoms with Gasteiger partial charge in [-0.3, -0.25) is 10.2 Å². The van der Waals surface area contributed by atoms with E-state index in [9.17, 15) is 4.79 Å². The first-order valence-electron chi connectivity index (χ1n) is 8.21. The number of hydrogen-bond acceptors (Lipinski definition) is 4. The van der Waals surface area contributed by atoms with Gasteiger partial charge in [-0.15, -0.1) is 0 Å². The number of nitrogens with one attached hydrogen (secondary N) is 2. The molecule has 0 bridgehead atoms. The lowest BCUT2D eigenvalue weighted by Crippen LogP contribution is -2.50. The molecule has 0 spiro atoms. The van der Waals surface area contributed by atoms with Gasteiger partial charge in [-0.05, 0) is 37.9 Å². The molecule has 2 N–H and O–H groups in total. The topological polar surface area (TPSA) is 53.6 Å². The van der Waals surface area contributed by atoms with E-state index in [1.165, 1.54) is 25.8 Å². The Hall–Kier alpha value is -1.59. The van der Waals surface area contributed by atoms with Gasteiger partial charge in [-0.1, -0.05) is 37.3 Å². The van der Waals surface area contributed by atoms with Crippen molar-refractivity contribution in [1.29, 1.82) is 0 Å². The first kappa shape index (κ1) is 16.8. The smallest absolute Gasteiger partial charge is 0.407 e. The molecule has 0 radical (unpaired) electrons. The van der Waals surface area contributed by atoms with Crippen LogP contribution in [0.2, 0.25) is 0 Å². The zero-order chi connectivity index (χ0) is 15.6. The van der Waals surface area contributed by atoms with Gasteiger partial charge in [0, 0.05) is 13.1 Å². The van der Waals surface area contributed by atoms with Crippen molar-refractivity contribution >= 4 is 6.09 Å². The minimum Gasteiger partial charge on any atom is -0.445 e. The molecular formula is C17H27N3O2. The van der Waals surface area contributed by atoms with Crippen molar-refractivity contribution in [2.24, 2.45) is 0 Å². The van der Waals surface area contributed by atoms with Gasteiger partial charge in [0.25, 0.3) is 0 Å². The average Bonchev–Trinajstić information content (AvgIpc) is 2.58. The van der Waals surface area contributed by atoms with Gasteiger partial charge in [0.15, 0.2) is 0 Å². The van der Waals surface area contributed by atoms with Gasteiger partial charge in [0.2, 0.25) is 0 Å². The van der Waals surface area contributed by atoms with Gasteiger partial charge in [0.1, 0.15) is 6.61 Å². The predicted molar refractivity (Wildman–Crippen MR) is 87.5 cm³/mol. The number of carbonyl (C=O) groups is 1. The zero-order valence-corrected chi connectivity index (χ0v) is 13.4. The second-order valence-electron chi connectivity index (χ2n) is 5.58. The summed E-state index contributed by atoms with van der Waals surface area (Å²) in [6.45, 7) is 6.10. The molecule has 0 saturated carbocycles. The minimum atomic E-state index is -0.360. The van der Waals surface area contributed by atoms with E-state index in [4.69, 9.17) is 4.74 Å². The van der Waals surface area contributed by atoms with E-state index in [1.807, 2.05) is 30.3 Å². The summed E-state index contributed by atoms with van der Waals surface area (Å²) in [5.41, 5.74) is 0.997. The van der Waals surface area contributed by atoms with E-state index >= 15 is 0 Å². The Labute approximate surface area is 133 Å². The first-order chi connectivity index (χ1) is 10.8. The maximum atomic E-state index is 11.6. The normalized spacial score (nSPS) is 18.9. The monoisotopic (exact) mass is 305 g/mol. The molecule has 1 saturated heterocycles. The molecule has 1 heterocycles. The van der Waals surface area contributed by atoms with Crippen molar-refractivity contribution in [2.45, 2.75) is 39.0 Å². The fourth-order valence-corrected chi connectivity index (χ4v) is 2.78. The summed E-state index contributed by atoms with van der Waals surface area (Å²) >= 11 is 0. The van der Waals surface area contributed by atoms with Crippen molar-refractivity contribution in [3.8, 4) is 0 Å². The van der Waals surface area contributed by atoms with Crippen LogP contribution in [0.5, 0.6) is 0 Å². The number of ether oxygens (including phenoxy) is 1. The van der Waals surface area contributed by atoms with Crippen LogP contribution in [-0.4, -0.2) is 43.3 Å². The van der Waals surface area contributed by atoms with Crippen molar-refractivity contribution in [3.63, 3.8) is 0 Å². The number of hydrogen-bond donors (Lipinski definition) is 2. The predicted octanol–water partition coefficient (Wildman–Crippen LogP) is 2.33. The molecular weight excluding hydrogens is 278 g/mol. The second kappa shape index (κ2) is 9.43. The maximum Gasteiger partial charge on any atom is 0.407 e. The molecule has 1 aromatic rings. The fourth-order valence-electron chi connectivity index (χ4n) is 2.78. The van der Waals surface area contributed by atoms with Gasteiger partial charge < -0.3 is 10.1 Å². The molecule has 1 amide bonds. The zero-order valence-electron chi connectivity index (χ0n) is 13.4. The second-order valence-corrected chi connectivity index (χ2v) is 5.58. The Kier molecular flexibility index (Phi) is 7.19. The SMILES string of the molecule is CCN1CCCCC1NCCNC(=O)OCc1ccccc1. The van der Waals surface area contributed by atoms with Crippen molar-refractivity contribution < 1.29 is 9.53 Å². The van der Waals surface area contributed by atoms with Gasteiger partial charge in [-0.25, -0.2) is 4.79 Å². The number of amides is 1. The third-order valence-electron chi connectivity index (χ3n) is 4.01. The van der Waals surface area contributed by atoms with Gasteiger partial charge in [-0.2, -0.15) is 0 Å². The largest absolute Gasteiger partial charge is 0.445 e. The van der Waals surface area contributed by atoms with Crippen LogP contribution in [0.3, 0.4) is 0 Å². The number of nitrogens with zero attached hydrogens (tertiary/aromatic N) is 1. The molecule has 1 aromatic carbocycles. The van der Waals surface area contributed by atoms with Crippen LogP contribution in [0.1, 0.15) is 31.7 Å². The quantitative estimate of drug-likeness (QED) is 0.759. The summed E-state index contributed by atoms with van der Waals surface area (Å²) in [6.07, 6.45) is 3.84. The Morgan fingerprint density at radius 3 is 2.86 bits per heavy atom. The number of likely N-dealkylation sites (tertiary alicyclic amines) is 1. The van der Waals surface area contributed by atoms with E-state index in [-0.39, 0.29) is 6.09 Å². The number of carbonyl (C=O) groups excluding carboxylic acids is 1. The highest BCUT2D eigenvalue weighted by molar-refractivity contribution is 5.67. The summed E-state index contributed by atoms with van der Waals surface area (Å²) in [5, 5.41) is 6.29. The molecule has 1 atom stereocenters. The van der Waals surface area contributed by atoms with Crippen LogP contribution >= 0.6 is 0 Å². The average molecular weight is 305 g/mol. The summed E-state index contributed by atoms with van der Waals surface area (Å²) in [7, 11) is 0. The molecule has 122 valence electrons. The van der Waals surface area contributed by atoms with E-state index in [0.717, 1.165) is 18.7 Å². The van der Waals surface area contributed by atoms with Crippen LogP contribution in [0.15, 0.2) is 30.3 Å². The van der Waals surface area contributed by atoms with Gasteiger partial charge >= 0.3 is 6.09 Å². The van der Waals surface area contributed by atoms with E-state index in [0.29, 0.717) is 19.3 Å². The van der Waals surface area contributed by atoms with E-state index in [1.54, 1.807) is 0 Å². The number of rotatable bonds is 7. The number of alkyl carbamates (subject to hydrolysis) is 1. The summed E-state index contributed by atoms with van der Waals surface area (Å²) in [5.74, 6) is 0. The number of piperidine rings is 1.